The van der Waals surface area contributed by atoms with Gasteiger partial charge in [0.1, 0.15) is 0 Å². The van der Waals surface area contributed by atoms with Gasteiger partial charge in [-0.15, -0.1) is 0 Å². The second kappa shape index (κ2) is 6.19. The lowest BCUT2D eigenvalue weighted by Crippen LogP contribution is -2.54. The van der Waals surface area contributed by atoms with E-state index >= 15 is 0 Å². The molecule has 0 saturated heterocycles. The lowest BCUT2D eigenvalue weighted by molar-refractivity contribution is 0.0915. The summed E-state index contributed by atoms with van der Waals surface area (Å²) >= 11 is 0. The van der Waals surface area contributed by atoms with Crippen molar-refractivity contribution in [3.8, 4) is 0 Å². The Morgan fingerprint density at radius 1 is 1.00 bits per heavy atom. The molecule has 0 amide bonds. The van der Waals surface area contributed by atoms with Crippen LogP contribution in [0.4, 0.5) is 0 Å². The van der Waals surface area contributed by atoms with Gasteiger partial charge < -0.3 is 10.4 Å². The number of aliphatic hydroxyl groups is 1. The Balaban J connectivity index is 1.89. The van der Waals surface area contributed by atoms with Crippen LogP contribution in [-0.4, -0.2) is 23.3 Å². The molecule has 17 heavy (non-hydrogen) atoms. The predicted molar refractivity (Wildman–Crippen MR) is 72.1 cm³/mol. The Morgan fingerprint density at radius 2 is 1.59 bits per heavy atom. The van der Waals surface area contributed by atoms with Crippen LogP contribution in [0.2, 0.25) is 0 Å². The maximum Gasteiger partial charge on any atom is 0.0613 e. The van der Waals surface area contributed by atoms with Crippen LogP contribution in [0.3, 0.4) is 0 Å². The maximum absolute atomic E-state index is 9.77. The lowest BCUT2D eigenvalue weighted by Gasteiger charge is -2.41. The number of nitrogens with one attached hydrogen (secondary N) is 1. The van der Waals surface area contributed by atoms with E-state index in [1.165, 1.54) is 64.2 Å². The molecule has 0 spiro atoms. The molecule has 2 nitrogen and oxygen atoms in total. The van der Waals surface area contributed by atoms with Crippen molar-refractivity contribution in [3.05, 3.63) is 0 Å². The zero-order valence-electron chi connectivity index (χ0n) is 11.4. The first kappa shape index (κ1) is 13.4. The summed E-state index contributed by atoms with van der Waals surface area (Å²) in [4.78, 5) is 0. The minimum Gasteiger partial charge on any atom is -0.394 e. The fourth-order valence-electron chi connectivity index (χ4n) is 3.52. The first-order valence-corrected chi connectivity index (χ1v) is 7.63. The van der Waals surface area contributed by atoms with Crippen molar-refractivity contribution in [1.82, 2.24) is 5.32 Å². The van der Waals surface area contributed by atoms with Crippen LogP contribution < -0.4 is 5.32 Å². The molecule has 2 rings (SSSR count). The first-order chi connectivity index (χ1) is 8.24. The fourth-order valence-corrected chi connectivity index (χ4v) is 3.52. The Labute approximate surface area is 106 Å². The molecule has 0 atom stereocenters. The van der Waals surface area contributed by atoms with E-state index in [4.69, 9.17) is 0 Å². The van der Waals surface area contributed by atoms with Crippen molar-refractivity contribution in [2.45, 2.75) is 82.7 Å². The Kier molecular flexibility index (Phi) is 4.87. The molecule has 2 fully saturated rings. The van der Waals surface area contributed by atoms with Crippen molar-refractivity contribution in [2.24, 2.45) is 5.92 Å². The molecule has 0 heterocycles. The normalized spacial score (nSPS) is 36.7. The van der Waals surface area contributed by atoms with Gasteiger partial charge in [0.15, 0.2) is 0 Å². The molecule has 0 bridgehead atoms. The van der Waals surface area contributed by atoms with Crippen LogP contribution in [0.5, 0.6) is 0 Å². The molecular formula is C15H29NO. The van der Waals surface area contributed by atoms with E-state index in [-0.39, 0.29) is 5.54 Å². The minimum absolute atomic E-state index is 0.0571. The van der Waals surface area contributed by atoms with Gasteiger partial charge in [-0.05, 0) is 44.4 Å². The summed E-state index contributed by atoms with van der Waals surface area (Å²) in [6, 6.07) is 0.665. The van der Waals surface area contributed by atoms with Gasteiger partial charge in [-0.2, -0.15) is 0 Å². The second-order valence-electron chi connectivity index (χ2n) is 6.45. The highest BCUT2D eigenvalue weighted by Gasteiger charge is 2.35. The van der Waals surface area contributed by atoms with Crippen LogP contribution in [0.1, 0.15) is 71.1 Å². The molecule has 0 unspecified atom stereocenters. The van der Waals surface area contributed by atoms with Crippen molar-refractivity contribution in [2.75, 3.05) is 6.61 Å². The Hall–Kier alpha value is -0.0800. The average molecular weight is 239 g/mol. The summed E-state index contributed by atoms with van der Waals surface area (Å²) in [5.41, 5.74) is 0.0571. The van der Waals surface area contributed by atoms with Crippen LogP contribution in [0.25, 0.3) is 0 Å². The number of hydrogen-bond acceptors (Lipinski definition) is 2. The molecule has 2 aliphatic rings. The molecule has 2 heteroatoms. The van der Waals surface area contributed by atoms with Gasteiger partial charge >= 0.3 is 0 Å². The van der Waals surface area contributed by atoms with Crippen LogP contribution in [0.15, 0.2) is 0 Å². The van der Waals surface area contributed by atoms with Crippen molar-refractivity contribution >= 4 is 0 Å². The third-order valence-electron chi connectivity index (χ3n) is 4.90. The van der Waals surface area contributed by atoms with E-state index in [2.05, 4.69) is 12.2 Å². The van der Waals surface area contributed by atoms with Gasteiger partial charge in [-0.3, -0.25) is 0 Å². The maximum atomic E-state index is 9.77. The summed E-state index contributed by atoms with van der Waals surface area (Å²) < 4.78 is 0. The van der Waals surface area contributed by atoms with Gasteiger partial charge in [-0.1, -0.05) is 32.6 Å². The van der Waals surface area contributed by atoms with Gasteiger partial charge in [-0.25, -0.2) is 0 Å². The summed E-state index contributed by atoms with van der Waals surface area (Å²) in [6.07, 6.45) is 13.1. The van der Waals surface area contributed by atoms with E-state index < -0.39 is 0 Å². The number of aliphatic hydroxyl groups excluding tert-OH is 1. The van der Waals surface area contributed by atoms with Crippen molar-refractivity contribution in [1.29, 1.82) is 0 Å². The van der Waals surface area contributed by atoms with E-state index in [0.717, 1.165) is 5.92 Å². The SMILES string of the molecule is CC1CCC(CO)(NC2CCCCCC2)CC1. The predicted octanol–water partition coefficient (Wildman–Crippen LogP) is 3.24. The molecule has 0 aliphatic heterocycles. The van der Waals surface area contributed by atoms with Crippen LogP contribution >= 0.6 is 0 Å². The molecule has 0 aromatic heterocycles. The molecule has 0 radical (unpaired) electrons. The number of rotatable bonds is 3. The van der Waals surface area contributed by atoms with Crippen LogP contribution in [-0.2, 0) is 0 Å². The molecule has 0 aromatic rings. The summed E-state index contributed by atoms with van der Waals surface area (Å²) in [7, 11) is 0. The molecule has 2 saturated carbocycles. The molecule has 100 valence electrons. The van der Waals surface area contributed by atoms with Gasteiger partial charge in [0.05, 0.1) is 6.61 Å². The third-order valence-corrected chi connectivity index (χ3v) is 4.90. The van der Waals surface area contributed by atoms with E-state index in [0.29, 0.717) is 12.6 Å². The van der Waals surface area contributed by atoms with Crippen molar-refractivity contribution in [3.63, 3.8) is 0 Å². The molecule has 2 aliphatic carbocycles. The highest BCUT2D eigenvalue weighted by molar-refractivity contribution is 4.94. The smallest absolute Gasteiger partial charge is 0.0613 e. The third kappa shape index (κ3) is 3.69. The highest BCUT2D eigenvalue weighted by atomic mass is 16.3. The lowest BCUT2D eigenvalue weighted by atomic mass is 9.77. The van der Waals surface area contributed by atoms with Crippen LogP contribution in [0, 0.1) is 5.92 Å². The molecular weight excluding hydrogens is 210 g/mol. The molecule has 0 aromatic carbocycles. The average Bonchev–Trinajstić information content (AvgIpc) is 2.61. The highest BCUT2D eigenvalue weighted by Crippen LogP contribution is 2.33. The van der Waals surface area contributed by atoms with Gasteiger partial charge in [0.25, 0.3) is 0 Å². The quantitative estimate of drug-likeness (QED) is 0.741. The largest absolute Gasteiger partial charge is 0.394 e. The minimum atomic E-state index is 0.0571. The first-order valence-electron chi connectivity index (χ1n) is 7.63. The summed E-state index contributed by atoms with van der Waals surface area (Å²) in [5.74, 6) is 0.852. The van der Waals surface area contributed by atoms with Gasteiger partial charge in [0, 0.05) is 11.6 Å². The van der Waals surface area contributed by atoms with E-state index in [9.17, 15) is 5.11 Å². The monoisotopic (exact) mass is 239 g/mol. The fraction of sp³-hybridized carbons (Fsp3) is 1.00. The summed E-state index contributed by atoms with van der Waals surface area (Å²) in [5, 5.41) is 13.6. The second-order valence-corrected chi connectivity index (χ2v) is 6.45. The summed E-state index contributed by atoms with van der Waals surface area (Å²) in [6.45, 7) is 2.67. The topological polar surface area (TPSA) is 32.3 Å². The van der Waals surface area contributed by atoms with E-state index in [1.54, 1.807) is 0 Å². The zero-order valence-corrected chi connectivity index (χ0v) is 11.4. The standard InChI is InChI=1S/C15H29NO/c1-13-8-10-15(12-17,11-9-13)16-14-6-4-2-3-5-7-14/h13-14,16-17H,2-12H2,1H3. The zero-order chi connectivity index (χ0) is 12.1. The van der Waals surface area contributed by atoms with E-state index in [1.807, 2.05) is 0 Å². The van der Waals surface area contributed by atoms with Crippen molar-refractivity contribution < 1.29 is 5.11 Å². The number of hydrogen-bond donors (Lipinski definition) is 2. The molecule has 2 N–H and O–H groups in total. The van der Waals surface area contributed by atoms with Gasteiger partial charge in [0.2, 0.25) is 0 Å². The Bertz CT molecular complexity index is 213. The Morgan fingerprint density at radius 3 is 2.12 bits per heavy atom.